The highest BCUT2D eigenvalue weighted by atomic mass is 32.2. The predicted octanol–water partition coefficient (Wildman–Crippen LogP) is 5.23. The molecule has 4 atom stereocenters. The highest BCUT2D eigenvalue weighted by Crippen LogP contribution is 2.43. The molecule has 1 aromatic heterocycles. The van der Waals surface area contributed by atoms with Gasteiger partial charge in [0, 0.05) is 42.4 Å². The smallest absolute Gasteiger partial charge is 0.411 e. The molecule has 1 saturated heterocycles. The van der Waals surface area contributed by atoms with E-state index in [0.29, 0.717) is 11.4 Å². The molecule has 2 heterocycles. The lowest BCUT2D eigenvalue weighted by Gasteiger charge is -2.41. The van der Waals surface area contributed by atoms with Crippen LogP contribution in [0.15, 0.2) is 78.7 Å². The summed E-state index contributed by atoms with van der Waals surface area (Å²) in [5, 5.41) is 13.0. The molecule has 4 unspecified atom stereocenters. The van der Waals surface area contributed by atoms with Crippen molar-refractivity contribution >= 4 is 23.5 Å². The van der Waals surface area contributed by atoms with Crippen LogP contribution in [0.25, 0.3) is 0 Å². The van der Waals surface area contributed by atoms with Gasteiger partial charge in [0.05, 0.1) is 18.8 Å². The van der Waals surface area contributed by atoms with Crippen molar-refractivity contribution in [2.24, 2.45) is 13.0 Å². The molecule has 0 saturated carbocycles. The largest absolute Gasteiger partial charge is 0.445 e. The minimum atomic E-state index is -0.586. The molecule has 2 aromatic carbocycles. The van der Waals surface area contributed by atoms with E-state index in [1.165, 1.54) is 6.08 Å². The van der Waals surface area contributed by atoms with Crippen molar-refractivity contribution in [2.45, 2.75) is 37.2 Å². The highest BCUT2D eigenvalue weighted by molar-refractivity contribution is 7.99. The second-order valence-corrected chi connectivity index (χ2v) is 9.57. The second-order valence-electron chi connectivity index (χ2n) is 8.59. The summed E-state index contributed by atoms with van der Waals surface area (Å²) in [6.07, 6.45) is 3.80. The van der Waals surface area contributed by atoms with Crippen LogP contribution in [0.5, 0.6) is 0 Å². The zero-order valence-electron chi connectivity index (χ0n) is 20.4. The molecule has 1 aliphatic heterocycles. The molecule has 0 aliphatic carbocycles. The number of benzene rings is 2. The quantitative estimate of drug-likeness (QED) is 0.301. The summed E-state index contributed by atoms with van der Waals surface area (Å²) in [5.74, 6) is 0.792. The number of thioether (sulfide) groups is 1. The zero-order valence-corrected chi connectivity index (χ0v) is 21.2. The fraction of sp³-hybridized carbons (Fsp3) is 0.333. The van der Waals surface area contributed by atoms with Crippen LogP contribution in [0.3, 0.4) is 0 Å². The molecule has 1 amide bonds. The van der Waals surface area contributed by atoms with Gasteiger partial charge in [-0.15, -0.1) is 0 Å². The summed E-state index contributed by atoms with van der Waals surface area (Å²) in [5.41, 5.74) is 3.33. The lowest BCUT2D eigenvalue weighted by Crippen LogP contribution is -2.38. The number of imidazole rings is 1. The van der Waals surface area contributed by atoms with E-state index in [2.05, 4.69) is 23.8 Å². The third-order valence-electron chi connectivity index (χ3n) is 6.04. The molecule has 4 rings (SSSR count). The summed E-state index contributed by atoms with van der Waals surface area (Å²) in [6, 6.07) is 15.2. The van der Waals surface area contributed by atoms with Gasteiger partial charge in [-0.25, -0.2) is 9.78 Å². The van der Waals surface area contributed by atoms with Crippen molar-refractivity contribution in [3.05, 3.63) is 90.3 Å². The lowest BCUT2D eigenvalue weighted by atomic mass is 9.91. The van der Waals surface area contributed by atoms with Gasteiger partial charge in [0.25, 0.3) is 0 Å². The van der Waals surface area contributed by atoms with Crippen LogP contribution in [0.2, 0.25) is 0 Å². The fourth-order valence-electron chi connectivity index (χ4n) is 3.97. The Bertz CT molecular complexity index is 1150. The van der Waals surface area contributed by atoms with Crippen molar-refractivity contribution in [1.82, 2.24) is 9.55 Å². The molecule has 190 valence electrons. The van der Waals surface area contributed by atoms with E-state index in [1.54, 1.807) is 30.1 Å². The summed E-state index contributed by atoms with van der Waals surface area (Å²) >= 11 is 1.65. The Morgan fingerprint density at radius 3 is 2.56 bits per heavy atom. The Morgan fingerprint density at radius 2 is 1.92 bits per heavy atom. The third-order valence-corrected chi connectivity index (χ3v) is 7.19. The number of hydrogen-bond donors (Lipinski definition) is 2. The number of aliphatic hydroxyl groups is 1. The monoisotopic (exact) mass is 509 g/mol. The van der Waals surface area contributed by atoms with E-state index in [1.807, 2.05) is 54.2 Å². The van der Waals surface area contributed by atoms with E-state index in [4.69, 9.17) is 14.2 Å². The van der Waals surface area contributed by atoms with Crippen LogP contribution in [0.4, 0.5) is 10.5 Å². The molecule has 1 aliphatic rings. The second kappa shape index (κ2) is 12.2. The van der Waals surface area contributed by atoms with Crippen molar-refractivity contribution in [1.29, 1.82) is 0 Å². The van der Waals surface area contributed by atoms with Gasteiger partial charge in [-0.05, 0) is 23.3 Å². The van der Waals surface area contributed by atoms with Gasteiger partial charge in [0.1, 0.15) is 6.61 Å². The maximum absolute atomic E-state index is 11.8. The third kappa shape index (κ3) is 6.36. The Morgan fingerprint density at radius 1 is 1.19 bits per heavy atom. The number of ether oxygens (including phenoxy) is 3. The summed E-state index contributed by atoms with van der Waals surface area (Å²) < 4.78 is 19.9. The summed E-state index contributed by atoms with van der Waals surface area (Å²) in [6.45, 7) is 5.80. The van der Waals surface area contributed by atoms with E-state index in [0.717, 1.165) is 21.8 Å². The van der Waals surface area contributed by atoms with Crippen molar-refractivity contribution < 1.29 is 24.1 Å². The first kappa shape index (κ1) is 26.0. The maximum Gasteiger partial charge on any atom is 0.411 e. The number of amides is 1. The zero-order chi connectivity index (χ0) is 25.5. The van der Waals surface area contributed by atoms with E-state index >= 15 is 0 Å². The Balaban J connectivity index is 1.52. The van der Waals surface area contributed by atoms with Crippen molar-refractivity contribution in [3.8, 4) is 0 Å². The minimum Gasteiger partial charge on any atom is -0.445 e. The average molecular weight is 510 g/mol. The molecule has 0 radical (unpaired) electrons. The minimum absolute atomic E-state index is 0.00244. The fourth-order valence-corrected chi connectivity index (χ4v) is 5.07. The molecule has 8 nitrogen and oxygen atoms in total. The number of hydrogen-bond acceptors (Lipinski definition) is 7. The first-order valence-electron chi connectivity index (χ1n) is 11.7. The Hall–Kier alpha value is -3.11. The normalized spacial score (nSPS) is 21.6. The molecular weight excluding hydrogens is 478 g/mol. The number of aryl methyl sites for hydroxylation is 1. The van der Waals surface area contributed by atoms with Gasteiger partial charge >= 0.3 is 6.09 Å². The molecule has 36 heavy (non-hydrogen) atoms. The molecule has 2 N–H and O–H groups in total. The Kier molecular flexibility index (Phi) is 8.82. The van der Waals surface area contributed by atoms with Gasteiger partial charge in [-0.3, -0.25) is 5.32 Å². The van der Waals surface area contributed by atoms with Gasteiger partial charge < -0.3 is 23.9 Å². The molecule has 0 bridgehead atoms. The van der Waals surface area contributed by atoms with E-state index in [-0.39, 0.29) is 31.3 Å². The number of anilines is 1. The highest BCUT2D eigenvalue weighted by Gasteiger charge is 2.38. The van der Waals surface area contributed by atoms with Gasteiger partial charge in [-0.1, -0.05) is 67.7 Å². The first-order chi connectivity index (χ1) is 17.5. The van der Waals surface area contributed by atoms with Crippen LogP contribution in [-0.2, 0) is 27.9 Å². The standard InChI is InChI=1S/C27H31N3O5S/c1-4-15-33-27(32)29-22-11-9-21(10-12-22)25-34-23(17-36-26-28-13-14-30(26)3)18(2)24(35-25)20-7-5-19(16-31)6-8-20/h4-14,18,23-25,31H,1,15-17H2,2-3H3,(H,29,32). The Labute approximate surface area is 215 Å². The number of aliphatic hydroxyl groups excluding tert-OH is 1. The SMILES string of the molecule is C=CCOC(=O)Nc1ccc(C2OC(CSc3nccn3C)C(C)C(c3ccc(CO)cc3)O2)cc1. The molecule has 3 aromatic rings. The van der Waals surface area contributed by atoms with Crippen molar-refractivity contribution in [2.75, 3.05) is 17.7 Å². The van der Waals surface area contributed by atoms with Gasteiger partial charge in [0.15, 0.2) is 11.4 Å². The van der Waals surface area contributed by atoms with Crippen LogP contribution < -0.4 is 5.32 Å². The first-order valence-corrected chi connectivity index (χ1v) is 12.7. The molecule has 9 heteroatoms. The maximum atomic E-state index is 11.8. The van der Waals surface area contributed by atoms with Crippen LogP contribution >= 0.6 is 11.8 Å². The summed E-state index contributed by atoms with van der Waals surface area (Å²) in [7, 11) is 1.97. The summed E-state index contributed by atoms with van der Waals surface area (Å²) in [4.78, 5) is 16.2. The number of nitrogens with one attached hydrogen (secondary N) is 1. The van der Waals surface area contributed by atoms with Gasteiger partial charge in [0.2, 0.25) is 0 Å². The van der Waals surface area contributed by atoms with E-state index in [9.17, 15) is 9.90 Å². The number of carbonyl (C=O) groups excluding carboxylic acids is 1. The lowest BCUT2D eigenvalue weighted by molar-refractivity contribution is -0.268. The average Bonchev–Trinajstić information content (AvgIpc) is 3.32. The van der Waals surface area contributed by atoms with Crippen LogP contribution in [0.1, 0.15) is 36.0 Å². The number of aromatic nitrogens is 2. The molecule has 0 spiro atoms. The van der Waals surface area contributed by atoms with Crippen LogP contribution in [0, 0.1) is 5.92 Å². The number of carbonyl (C=O) groups is 1. The molecular formula is C27H31N3O5S. The predicted molar refractivity (Wildman–Crippen MR) is 139 cm³/mol. The number of rotatable bonds is 9. The number of nitrogens with zero attached hydrogens (tertiary/aromatic N) is 2. The van der Waals surface area contributed by atoms with E-state index < -0.39 is 12.4 Å². The van der Waals surface area contributed by atoms with Crippen molar-refractivity contribution in [3.63, 3.8) is 0 Å². The topological polar surface area (TPSA) is 94.8 Å². The van der Waals surface area contributed by atoms with Crippen LogP contribution in [-0.4, -0.2) is 39.2 Å². The molecule has 1 fully saturated rings. The van der Waals surface area contributed by atoms with Gasteiger partial charge in [-0.2, -0.15) is 0 Å².